The fourth-order valence-corrected chi connectivity index (χ4v) is 5.91. The Morgan fingerprint density at radius 2 is 1.92 bits per heavy atom. The second-order valence-electron chi connectivity index (χ2n) is 8.41. The summed E-state index contributed by atoms with van der Waals surface area (Å²) in [6.45, 7) is 7.72. The van der Waals surface area contributed by atoms with Crippen molar-refractivity contribution in [2.24, 2.45) is 0 Å². The molecule has 16 heteroatoms. The molecule has 0 saturated carbocycles. The van der Waals surface area contributed by atoms with Crippen LogP contribution in [-0.4, -0.2) is 80.9 Å². The highest BCUT2D eigenvalue weighted by Gasteiger charge is 2.46. The van der Waals surface area contributed by atoms with Crippen molar-refractivity contribution < 1.29 is 42.5 Å². The van der Waals surface area contributed by atoms with Crippen LogP contribution in [0.1, 0.15) is 47.3 Å². The minimum Gasteiger partial charge on any atom is -0.464 e. The van der Waals surface area contributed by atoms with E-state index in [-0.39, 0.29) is 43.3 Å². The number of ether oxygens (including phenoxy) is 4. The van der Waals surface area contributed by atoms with E-state index >= 15 is 0 Å². The molecule has 0 aromatic carbocycles. The third-order valence-corrected chi connectivity index (χ3v) is 7.65. The number of halogens is 2. The quantitative estimate of drug-likeness (QED) is 0.120. The Labute approximate surface area is 224 Å². The normalized spacial score (nSPS) is 21.5. The first-order valence-corrected chi connectivity index (χ1v) is 14.1. The van der Waals surface area contributed by atoms with Crippen LogP contribution in [0.25, 0.3) is 11.2 Å². The van der Waals surface area contributed by atoms with Crippen molar-refractivity contribution in [3.05, 3.63) is 16.8 Å². The lowest BCUT2D eigenvalue weighted by molar-refractivity contribution is -0.222. The van der Waals surface area contributed by atoms with Crippen LogP contribution in [-0.2, 0) is 37.4 Å². The lowest BCUT2D eigenvalue weighted by Gasteiger charge is -2.27. The van der Waals surface area contributed by atoms with E-state index in [1.807, 2.05) is 0 Å². The Morgan fingerprint density at radius 3 is 2.51 bits per heavy atom. The number of aromatic nitrogens is 4. The lowest BCUT2D eigenvalue weighted by atomic mass is 10.2. The average Bonchev–Trinajstić information content (AvgIpc) is 3.37. The Balaban J connectivity index is 1.87. The molecule has 1 aliphatic rings. The molecule has 1 saturated heterocycles. The third-order valence-electron chi connectivity index (χ3n) is 5.04. The van der Waals surface area contributed by atoms with Crippen LogP contribution in [0.15, 0.2) is 6.33 Å². The highest BCUT2D eigenvalue weighted by molar-refractivity contribution is 7.55. The predicted molar refractivity (Wildman–Crippen MR) is 132 cm³/mol. The summed E-state index contributed by atoms with van der Waals surface area (Å²) in [5.74, 6) is -4.01. The summed E-state index contributed by atoms with van der Waals surface area (Å²) in [7, 11) is -4.01. The molecule has 2 aromatic rings. The van der Waals surface area contributed by atoms with Gasteiger partial charge in [0, 0.05) is 6.42 Å². The van der Waals surface area contributed by atoms with Gasteiger partial charge in [0.05, 0.1) is 38.9 Å². The van der Waals surface area contributed by atoms with Gasteiger partial charge in [-0.15, -0.1) is 0 Å². The number of esters is 1. The van der Waals surface area contributed by atoms with Crippen LogP contribution >= 0.6 is 30.8 Å². The zero-order chi connectivity index (χ0) is 27.4. The van der Waals surface area contributed by atoms with Gasteiger partial charge in [0.25, 0.3) is 5.85 Å². The maximum atomic E-state index is 13.3. The Bertz CT molecular complexity index is 1120. The van der Waals surface area contributed by atoms with Crippen LogP contribution in [0.3, 0.4) is 0 Å². The average molecular weight is 585 g/mol. The smallest absolute Gasteiger partial charge is 0.370 e. The van der Waals surface area contributed by atoms with E-state index in [0.717, 1.165) is 0 Å². The second kappa shape index (κ2) is 12.6. The van der Waals surface area contributed by atoms with Crippen molar-refractivity contribution in [3.8, 4) is 0 Å². The van der Waals surface area contributed by atoms with Gasteiger partial charge in [0.2, 0.25) is 5.28 Å². The number of hydrogen-bond donors (Lipinski definition) is 1. The van der Waals surface area contributed by atoms with E-state index in [1.54, 1.807) is 25.3 Å². The lowest BCUT2D eigenvalue weighted by Crippen LogP contribution is -2.33. The molecule has 0 radical (unpaired) electrons. The Morgan fingerprint density at radius 1 is 1.24 bits per heavy atom. The SMILES string of the molecule is CCOC(=O)C(OC[C@@H]1CC(OC(C)(C)O)[C@H](n2cnc3c(Cl)nc(Cl)nc32)O1)P(=O)(OCC)OCC. The second-order valence-corrected chi connectivity index (χ2v) is 11.2. The zero-order valence-electron chi connectivity index (χ0n) is 21.1. The van der Waals surface area contributed by atoms with Gasteiger partial charge in [-0.05, 0) is 46.2 Å². The van der Waals surface area contributed by atoms with E-state index in [2.05, 4.69) is 15.0 Å². The van der Waals surface area contributed by atoms with Crippen molar-refractivity contribution in [1.29, 1.82) is 0 Å². The molecule has 1 fully saturated rings. The number of aliphatic hydroxyl groups is 1. The molecule has 13 nitrogen and oxygen atoms in total. The van der Waals surface area contributed by atoms with Gasteiger partial charge >= 0.3 is 13.6 Å². The molecule has 0 aliphatic carbocycles. The van der Waals surface area contributed by atoms with Crippen LogP contribution < -0.4 is 0 Å². The largest absolute Gasteiger partial charge is 0.464 e. The molecule has 0 spiro atoms. The molecular weight excluding hydrogens is 554 g/mol. The minimum absolute atomic E-state index is 0.0285. The molecule has 0 amide bonds. The molecule has 2 aromatic heterocycles. The summed E-state index contributed by atoms with van der Waals surface area (Å²) in [5, 5.41) is 10.3. The van der Waals surface area contributed by atoms with Gasteiger partial charge in [0.1, 0.15) is 11.6 Å². The number of carbonyl (C=O) groups excluding carboxylic acids is 1. The van der Waals surface area contributed by atoms with Gasteiger partial charge in [-0.25, -0.2) is 14.8 Å². The van der Waals surface area contributed by atoms with Gasteiger partial charge in [-0.2, -0.15) is 4.98 Å². The van der Waals surface area contributed by atoms with Gasteiger partial charge in [-0.1, -0.05) is 11.6 Å². The summed E-state index contributed by atoms with van der Waals surface area (Å²) in [6, 6.07) is 0. The van der Waals surface area contributed by atoms with Crippen molar-refractivity contribution in [1.82, 2.24) is 19.5 Å². The molecule has 1 aliphatic heterocycles. The summed E-state index contributed by atoms with van der Waals surface area (Å²) in [5.41, 5.74) is 0.593. The van der Waals surface area contributed by atoms with Crippen molar-refractivity contribution in [2.75, 3.05) is 26.4 Å². The maximum absolute atomic E-state index is 13.3. The number of carbonyl (C=O) groups is 1. The molecule has 3 heterocycles. The molecule has 0 bridgehead atoms. The molecule has 1 N–H and O–H groups in total. The fourth-order valence-electron chi connectivity index (χ4n) is 3.82. The summed E-state index contributed by atoms with van der Waals surface area (Å²) >= 11 is 12.1. The summed E-state index contributed by atoms with van der Waals surface area (Å²) in [4.78, 5) is 25.0. The van der Waals surface area contributed by atoms with Crippen LogP contribution in [0.2, 0.25) is 10.4 Å². The molecular formula is C21H31Cl2N4O9P. The topological polar surface area (TPSA) is 153 Å². The van der Waals surface area contributed by atoms with Gasteiger partial charge in [0.15, 0.2) is 22.8 Å². The zero-order valence-corrected chi connectivity index (χ0v) is 23.5. The highest BCUT2D eigenvalue weighted by Crippen LogP contribution is 2.54. The molecule has 2 unspecified atom stereocenters. The molecule has 208 valence electrons. The van der Waals surface area contributed by atoms with Gasteiger partial charge in [-0.3, -0.25) is 9.13 Å². The van der Waals surface area contributed by atoms with E-state index in [1.165, 1.54) is 20.2 Å². The van der Waals surface area contributed by atoms with Crippen molar-refractivity contribution in [2.45, 2.75) is 71.1 Å². The van der Waals surface area contributed by atoms with E-state index in [9.17, 15) is 14.5 Å². The first-order valence-electron chi connectivity index (χ1n) is 11.7. The Kier molecular flexibility index (Phi) is 10.3. The minimum atomic E-state index is -4.01. The third kappa shape index (κ3) is 7.37. The Hall–Kier alpha value is -1.41. The maximum Gasteiger partial charge on any atom is 0.370 e. The van der Waals surface area contributed by atoms with Crippen molar-refractivity contribution in [3.63, 3.8) is 0 Å². The number of imidazole rings is 1. The first kappa shape index (κ1) is 30.1. The number of nitrogens with zero attached hydrogens (tertiary/aromatic N) is 4. The summed E-state index contributed by atoms with van der Waals surface area (Å²) in [6.07, 6.45) is -0.542. The van der Waals surface area contributed by atoms with Crippen LogP contribution in [0.4, 0.5) is 0 Å². The molecule has 3 rings (SSSR count). The number of rotatable bonds is 13. The fraction of sp³-hybridized carbons (Fsp3) is 0.714. The van der Waals surface area contributed by atoms with E-state index in [0.29, 0.717) is 11.2 Å². The van der Waals surface area contributed by atoms with Crippen LogP contribution in [0.5, 0.6) is 0 Å². The monoisotopic (exact) mass is 584 g/mol. The molecule has 37 heavy (non-hydrogen) atoms. The molecule has 4 atom stereocenters. The van der Waals surface area contributed by atoms with E-state index in [4.69, 9.17) is 51.2 Å². The van der Waals surface area contributed by atoms with Gasteiger partial charge < -0.3 is 33.1 Å². The predicted octanol–water partition coefficient (Wildman–Crippen LogP) is 3.71. The summed E-state index contributed by atoms with van der Waals surface area (Å²) < 4.78 is 48.3. The highest BCUT2D eigenvalue weighted by atomic mass is 35.5. The van der Waals surface area contributed by atoms with Crippen molar-refractivity contribution >= 4 is 47.9 Å². The number of fused-ring (bicyclic) bond motifs is 1. The number of hydrogen-bond acceptors (Lipinski definition) is 12. The standard InChI is InChI=1S/C21H31Cl2N4O9P/c1-6-31-18(28)19(37(30,33-7-2)34-8-3)32-10-12-9-13(36-21(4,5)29)17(35-12)27-11-24-14-15(22)25-20(23)26-16(14)27/h11-13,17,19,29H,6-10H2,1-5H3/t12-,13?,17+,19?/m0/s1. The van der Waals surface area contributed by atoms with Crippen LogP contribution in [0, 0.1) is 0 Å². The van der Waals surface area contributed by atoms with E-state index < -0.39 is 43.6 Å². The first-order chi connectivity index (χ1) is 17.4.